The summed E-state index contributed by atoms with van der Waals surface area (Å²) in [5, 5.41) is 171. The molecule has 17 N–H and O–H groups in total. The minimum atomic E-state index is -2.19. The number of carbonyl (C=O) groups excluding carboxylic acids is 2. The Labute approximate surface area is 609 Å². The quantitative estimate of drug-likeness (QED) is 0.0307. The Balaban J connectivity index is 1.22. The van der Waals surface area contributed by atoms with Gasteiger partial charge in [-0.3, -0.25) is 9.59 Å². The fourth-order valence-corrected chi connectivity index (χ4v) is 13.9. The van der Waals surface area contributed by atoms with Crippen molar-refractivity contribution in [3.63, 3.8) is 0 Å². The van der Waals surface area contributed by atoms with E-state index in [1.165, 1.54) is 135 Å². The molecular formula is C74H134N2O27. The Bertz CT molecular complexity index is 2280. The maximum atomic E-state index is 13.6. The lowest BCUT2D eigenvalue weighted by molar-refractivity contribution is -0.392. The molecule has 0 aromatic heterocycles. The summed E-state index contributed by atoms with van der Waals surface area (Å²) in [5.74, 6) is -1.17. The molecule has 5 rings (SSSR count). The summed E-state index contributed by atoms with van der Waals surface area (Å²) in [6, 6.07) is -2.84. The molecule has 0 bridgehead atoms. The molecule has 0 saturated carbocycles. The Kier molecular flexibility index (Phi) is 45.1. The van der Waals surface area contributed by atoms with Gasteiger partial charge in [0.25, 0.3) is 0 Å². The molecule has 5 aliphatic heterocycles. The normalized spacial score (nSPS) is 35.0. The van der Waals surface area contributed by atoms with Gasteiger partial charge in [-0.1, -0.05) is 192 Å². The van der Waals surface area contributed by atoms with Crippen molar-refractivity contribution in [1.82, 2.24) is 10.6 Å². The van der Waals surface area contributed by atoms with Crippen molar-refractivity contribution >= 4 is 11.8 Å². The first kappa shape index (κ1) is 91.0. The van der Waals surface area contributed by atoms with Crippen LogP contribution in [0.1, 0.15) is 233 Å². The van der Waals surface area contributed by atoms with Crippen LogP contribution in [0.3, 0.4) is 0 Å². The van der Waals surface area contributed by atoms with Gasteiger partial charge >= 0.3 is 0 Å². The van der Waals surface area contributed by atoms with Crippen molar-refractivity contribution in [3.05, 3.63) is 24.3 Å². The molecule has 0 spiro atoms. The van der Waals surface area contributed by atoms with Gasteiger partial charge < -0.3 is 135 Å². The van der Waals surface area contributed by atoms with Crippen LogP contribution in [-0.2, 0) is 57.0 Å². The Hall–Kier alpha value is -2.58. The van der Waals surface area contributed by atoms with E-state index >= 15 is 0 Å². The van der Waals surface area contributed by atoms with E-state index in [2.05, 4.69) is 36.6 Å². The van der Waals surface area contributed by atoms with E-state index in [0.29, 0.717) is 12.8 Å². The number of hydrogen-bond donors (Lipinski definition) is 17. The largest absolute Gasteiger partial charge is 0.394 e. The number of rotatable bonds is 52. The molecule has 5 aliphatic rings. The van der Waals surface area contributed by atoms with E-state index in [4.69, 9.17) is 47.4 Å². The Morgan fingerprint density at radius 3 is 1.29 bits per heavy atom. The second-order valence-corrected chi connectivity index (χ2v) is 28.9. The fraction of sp³-hybridized carbons (Fsp3) is 0.919. The number of amides is 2. The van der Waals surface area contributed by atoms with Gasteiger partial charge in [0.05, 0.1) is 51.3 Å². The molecule has 0 aliphatic carbocycles. The highest BCUT2D eigenvalue weighted by Crippen LogP contribution is 2.38. The van der Waals surface area contributed by atoms with Gasteiger partial charge in [-0.2, -0.15) is 0 Å². The average Bonchev–Trinajstić information content (AvgIpc) is 0.770. The van der Waals surface area contributed by atoms with Crippen LogP contribution in [0, 0.1) is 0 Å². The molecule has 29 nitrogen and oxygen atoms in total. The van der Waals surface area contributed by atoms with E-state index in [9.17, 15) is 86.2 Å². The average molecular weight is 1480 g/mol. The third-order valence-electron chi connectivity index (χ3n) is 20.3. The number of aliphatic hydroxyl groups excluding tert-OH is 15. The lowest BCUT2D eigenvalue weighted by atomic mass is 9.93. The Morgan fingerprint density at radius 2 is 0.786 bits per heavy atom. The summed E-state index contributed by atoms with van der Waals surface area (Å²) >= 11 is 0. The first-order chi connectivity index (χ1) is 49.7. The van der Waals surface area contributed by atoms with Crippen LogP contribution in [0.25, 0.3) is 0 Å². The van der Waals surface area contributed by atoms with Crippen LogP contribution in [0.15, 0.2) is 24.3 Å². The molecule has 2 amide bonds. The predicted molar refractivity (Wildman–Crippen MR) is 376 cm³/mol. The highest BCUT2D eigenvalue weighted by Gasteiger charge is 2.58. The molecule has 27 atom stereocenters. The van der Waals surface area contributed by atoms with Crippen LogP contribution >= 0.6 is 0 Å². The molecule has 29 heteroatoms. The lowest BCUT2D eigenvalue weighted by Crippen LogP contribution is -2.71. The SMILES string of the molecule is CCCCCCCC/C=C\CCCCCCCCCCCCCC(=O)N[C@@H](CO[C@@H]1OC(CO)[C@@H](O[C@@H]2OC(CO)[C@H](O)[C@H](O[C@@H]3OC(CO)[C@@H](O[C@@H]4OC(CO)[C@H](O)[C@H](O)C4O)[C@H](O[C@H]4OC(C)[C@@H](O)C(O)[C@@H]4O)C3NC(C)=O)C2O)[C@H](O)C1O)[C@H](O)/C=C/CCCCCCCCCCCCC. The first-order valence-electron chi connectivity index (χ1n) is 39.0. The standard InChI is InChI=1S/C74H134N2O27/c1-5-7-9-11-13-15-17-19-20-21-22-23-24-25-26-28-30-32-34-36-38-40-54(83)76-48(49(82)39-37-35-33-31-29-27-18-16-14-12-10-8-6-2)45-94-71-64(92)61(89)66(52(43-79)99-71)100-74-65(93)69(58(86)51(42-78)97-74)103-70-55(75-47(4)81)68(102-72-62(90)59(87)56(84)46(3)95-72)67(53(44-80)98-70)101-73-63(91)60(88)57(85)50(41-77)96-73/h19-20,37,39,46,48-53,55-74,77-80,82,84-93H,5-18,21-36,38,40-45H2,1-4H3,(H,75,81)(H,76,83)/b20-19-,39-37+/t46?,48-,49+,50?,51?,52?,53?,55?,56+,57-,58-,59?,60-,61+,62-,63?,64?,65?,66+,67+,68+,69-,70-,71+,72+,73-,74-/m0/s1. The summed E-state index contributed by atoms with van der Waals surface area (Å²) < 4.78 is 59.8. The smallest absolute Gasteiger partial charge is 0.220 e. The second-order valence-electron chi connectivity index (χ2n) is 28.9. The zero-order valence-electron chi connectivity index (χ0n) is 61.7. The molecule has 5 fully saturated rings. The van der Waals surface area contributed by atoms with Crippen molar-refractivity contribution in [2.75, 3.05) is 33.0 Å². The van der Waals surface area contributed by atoms with Crippen molar-refractivity contribution in [2.24, 2.45) is 0 Å². The molecule has 5 saturated heterocycles. The van der Waals surface area contributed by atoms with Crippen molar-refractivity contribution in [1.29, 1.82) is 0 Å². The maximum absolute atomic E-state index is 13.6. The summed E-state index contributed by atoms with van der Waals surface area (Å²) in [4.78, 5) is 26.7. The van der Waals surface area contributed by atoms with Crippen molar-refractivity contribution in [3.8, 4) is 0 Å². The molecule has 602 valence electrons. The number of unbranched alkanes of at least 4 members (excludes halogenated alkanes) is 28. The van der Waals surface area contributed by atoms with Crippen LogP contribution in [0.4, 0.5) is 0 Å². The van der Waals surface area contributed by atoms with Gasteiger partial charge in [-0.25, -0.2) is 0 Å². The van der Waals surface area contributed by atoms with Crippen molar-refractivity contribution in [2.45, 2.75) is 399 Å². The van der Waals surface area contributed by atoms with Gasteiger partial charge in [0.15, 0.2) is 31.5 Å². The summed E-state index contributed by atoms with van der Waals surface area (Å²) in [6.45, 7) is 2.58. The number of allylic oxidation sites excluding steroid dienone is 3. The van der Waals surface area contributed by atoms with E-state index in [-0.39, 0.29) is 12.3 Å². The van der Waals surface area contributed by atoms with Crippen LogP contribution < -0.4 is 10.6 Å². The highest BCUT2D eigenvalue weighted by atomic mass is 16.8. The second kappa shape index (κ2) is 51.0. The van der Waals surface area contributed by atoms with Gasteiger partial charge in [-0.05, 0) is 51.9 Å². The summed E-state index contributed by atoms with van der Waals surface area (Å²) in [5.41, 5.74) is 0. The monoisotopic (exact) mass is 1480 g/mol. The topological polar surface area (TPSA) is 454 Å². The highest BCUT2D eigenvalue weighted by molar-refractivity contribution is 5.76. The predicted octanol–water partition coefficient (Wildman–Crippen LogP) is 2.75. The molecule has 0 aromatic carbocycles. The molecule has 103 heavy (non-hydrogen) atoms. The number of aliphatic hydroxyl groups is 15. The lowest BCUT2D eigenvalue weighted by Gasteiger charge is -2.51. The first-order valence-corrected chi connectivity index (χ1v) is 39.0. The minimum Gasteiger partial charge on any atom is -0.394 e. The van der Waals surface area contributed by atoms with E-state index < -0.39 is 205 Å². The van der Waals surface area contributed by atoms with Gasteiger partial charge in [0.1, 0.15) is 116 Å². The van der Waals surface area contributed by atoms with Gasteiger partial charge in [0.2, 0.25) is 11.8 Å². The number of carbonyl (C=O) groups is 2. The van der Waals surface area contributed by atoms with E-state index in [1.54, 1.807) is 6.08 Å². The molecular weight excluding hydrogens is 1350 g/mol. The van der Waals surface area contributed by atoms with E-state index in [0.717, 1.165) is 64.7 Å². The van der Waals surface area contributed by atoms with Crippen LogP contribution in [-0.4, -0.2) is 287 Å². The third-order valence-corrected chi connectivity index (χ3v) is 20.3. The molecule has 5 heterocycles. The third kappa shape index (κ3) is 30.3. The summed E-state index contributed by atoms with van der Waals surface area (Å²) in [7, 11) is 0. The zero-order chi connectivity index (χ0) is 75.2. The van der Waals surface area contributed by atoms with Gasteiger partial charge in [0, 0.05) is 13.3 Å². The number of nitrogens with one attached hydrogen (secondary N) is 2. The maximum Gasteiger partial charge on any atom is 0.220 e. The van der Waals surface area contributed by atoms with Crippen LogP contribution in [0.5, 0.6) is 0 Å². The fourth-order valence-electron chi connectivity index (χ4n) is 13.9. The number of hydrogen-bond acceptors (Lipinski definition) is 27. The van der Waals surface area contributed by atoms with Gasteiger partial charge in [-0.15, -0.1) is 0 Å². The minimum absolute atomic E-state index is 0.187. The Morgan fingerprint density at radius 1 is 0.398 bits per heavy atom. The zero-order valence-corrected chi connectivity index (χ0v) is 61.7. The van der Waals surface area contributed by atoms with Crippen molar-refractivity contribution < 1.29 is 134 Å². The number of ether oxygens (including phenoxy) is 10. The van der Waals surface area contributed by atoms with E-state index in [1.807, 2.05) is 6.08 Å². The summed E-state index contributed by atoms with van der Waals surface area (Å²) in [6.07, 6.45) is -1.25. The molecule has 10 unspecified atom stereocenters. The van der Waals surface area contributed by atoms with Crippen LogP contribution in [0.2, 0.25) is 0 Å². The molecule has 0 radical (unpaired) electrons. The molecule has 0 aromatic rings.